The van der Waals surface area contributed by atoms with Gasteiger partial charge >= 0.3 is 0 Å². The van der Waals surface area contributed by atoms with E-state index in [-0.39, 0.29) is 24.3 Å². The van der Waals surface area contributed by atoms with Gasteiger partial charge in [0.05, 0.1) is 6.20 Å². The number of halogens is 1. The van der Waals surface area contributed by atoms with Crippen LogP contribution >= 0.6 is 12.4 Å². The van der Waals surface area contributed by atoms with Crippen molar-refractivity contribution in [3.8, 4) is 11.5 Å². The van der Waals surface area contributed by atoms with Gasteiger partial charge < -0.3 is 10.5 Å². The fraction of sp³-hybridized carbons (Fsp3) is 0.235. The molecule has 2 aromatic rings. The highest BCUT2D eigenvalue weighted by molar-refractivity contribution is 6.05. The largest absolute Gasteiger partial charge is 0.456 e. The van der Waals surface area contributed by atoms with Crippen molar-refractivity contribution in [2.24, 2.45) is 10.8 Å². The van der Waals surface area contributed by atoms with Gasteiger partial charge in [0.1, 0.15) is 11.5 Å². The van der Waals surface area contributed by atoms with Crippen molar-refractivity contribution < 1.29 is 9.53 Å². The number of aromatic nitrogens is 1. The summed E-state index contributed by atoms with van der Waals surface area (Å²) in [6.07, 6.45) is 5.50. The first kappa shape index (κ1) is 18.5. The van der Waals surface area contributed by atoms with E-state index in [2.05, 4.69) is 15.4 Å². The van der Waals surface area contributed by atoms with Crippen LogP contribution in [0.3, 0.4) is 0 Å². The van der Waals surface area contributed by atoms with Crippen LogP contribution in [0.2, 0.25) is 0 Å². The van der Waals surface area contributed by atoms with Crippen molar-refractivity contribution in [2.75, 3.05) is 13.1 Å². The number of nitrogens with zero attached hydrogens (tertiary/aromatic N) is 3. The second kappa shape index (κ2) is 8.89. The molecular weight excluding hydrogens is 342 g/mol. The molecule has 1 fully saturated rings. The molecule has 1 saturated heterocycles. The van der Waals surface area contributed by atoms with Crippen LogP contribution in [-0.2, 0) is 0 Å². The molecule has 0 unspecified atom stereocenters. The van der Waals surface area contributed by atoms with Crippen LogP contribution in [0.5, 0.6) is 11.5 Å². The zero-order chi connectivity index (χ0) is 16.8. The Labute approximate surface area is 152 Å². The summed E-state index contributed by atoms with van der Waals surface area (Å²) in [4.78, 5) is 16.1. The van der Waals surface area contributed by atoms with Crippen LogP contribution in [0.1, 0.15) is 23.2 Å². The van der Waals surface area contributed by atoms with Crippen molar-refractivity contribution in [1.82, 2.24) is 15.3 Å². The van der Waals surface area contributed by atoms with E-state index < -0.39 is 0 Å². The third-order valence-corrected chi connectivity index (χ3v) is 3.56. The molecule has 3 rings (SSSR count). The highest BCUT2D eigenvalue weighted by Crippen LogP contribution is 2.20. The molecule has 8 heteroatoms. The van der Waals surface area contributed by atoms with Gasteiger partial charge in [0.25, 0.3) is 5.91 Å². The van der Waals surface area contributed by atoms with Crippen molar-refractivity contribution in [3.05, 3.63) is 54.4 Å². The number of hydrogen-bond donors (Lipinski definition) is 2. The van der Waals surface area contributed by atoms with Crippen LogP contribution < -0.4 is 15.8 Å². The normalized spacial score (nSPS) is 13.9. The number of benzene rings is 1. The maximum absolute atomic E-state index is 12.2. The van der Waals surface area contributed by atoms with E-state index in [1.807, 2.05) is 11.1 Å². The third-order valence-electron chi connectivity index (χ3n) is 3.56. The van der Waals surface area contributed by atoms with Gasteiger partial charge in [-0.25, -0.2) is 0 Å². The molecule has 0 aliphatic carbocycles. The first-order chi connectivity index (χ1) is 11.7. The molecule has 1 amide bonds. The number of ether oxygens (including phenoxy) is 1. The van der Waals surface area contributed by atoms with Crippen LogP contribution in [0.25, 0.3) is 0 Å². The molecule has 0 radical (unpaired) electrons. The van der Waals surface area contributed by atoms with Crippen molar-refractivity contribution in [2.45, 2.75) is 12.8 Å². The average molecular weight is 362 g/mol. The number of hydrogen-bond acceptors (Lipinski definition) is 5. The van der Waals surface area contributed by atoms with Crippen LogP contribution in [0.4, 0.5) is 0 Å². The molecule has 3 N–H and O–H groups in total. The van der Waals surface area contributed by atoms with Crippen molar-refractivity contribution in [1.29, 1.82) is 0 Å². The van der Waals surface area contributed by atoms with E-state index in [0.29, 0.717) is 17.1 Å². The average Bonchev–Trinajstić information content (AvgIpc) is 3.09. The minimum atomic E-state index is -0.302. The zero-order valence-corrected chi connectivity index (χ0v) is 14.4. The first-order valence-electron chi connectivity index (χ1n) is 7.79. The number of nitrogens with two attached hydrogens (primary N) is 1. The molecule has 25 heavy (non-hydrogen) atoms. The lowest BCUT2D eigenvalue weighted by molar-refractivity contribution is 0.0976. The van der Waals surface area contributed by atoms with E-state index in [4.69, 9.17) is 10.5 Å². The molecular formula is C17H20ClN5O2. The Kier molecular flexibility index (Phi) is 6.59. The fourth-order valence-corrected chi connectivity index (χ4v) is 2.38. The van der Waals surface area contributed by atoms with E-state index in [0.717, 1.165) is 25.9 Å². The standard InChI is InChI=1S/C17H19N5O2.ClH/c18-17(21-22-10-1-2-11-22)20-16(23)13-5-7-14(8-6-13)24-15-4-3-9-19-12-15;/h3-9,12H,1-2,10-11H2,(H3,18,20,21,23);1H. The highest BCUT2D eigenvalue weighted by atomic mass is 35.5. The fourth-order valence-electron chi connectivity index (χ4n) is 2.38. The summed E-state index contributed by atoms with van der Waals surface area (Å²) in [5.41, 5.74) is 6.25. The van der Waals surface area contributed by atoms with Gasteiger partial charge in [-0.05, 0) is 49.2 Å². The van der Waals surface area contributed by atoms with Crippen LogP contribution in [0.15, 0.2) is 53.9 Å². The Morgan fingerprint density at radius 3 is 2.52 bits per heavy atom. The molecule has 7 nitrogen and oxygen atoms in total. The minimum absolute atomic E-state index is 0. The molecule has 1 aromatic carbocycles. The number of carbonyl (C=O) groups excluding carboxylic acids is 1. The minimum Gasteiger partial charge on any atom is -0.456 e. The quantitative estimate of drug-likeness (QED) is 0.644. The predicted octanol–water partition coefficient (Wildman–Crippen LogP) is 2.35. The van der Waals surface area contributed by atoms with Gasteiger partial charge in [0.15, 0.2) is 0 Å². The molecule has 1 aliphatic rings. The number of carbonyl (C=O) groups is 1. The highest BCUT2D eigenvalue weighted by Gasteiger charge is 2.11. The number of hydrazone groups is 1. The first-order valence-corrected chi connectivity index (χ1v) is 7.79. The van der Waals surface area contributed by atoms with Gasteiger partial charge in [-0.3, -0.25) is 20.1 Å². The van der Waals surface area contributed by atoms with E-state index in [9.17, 15) is 4.79 Å². The topological polar surface area (TPSA) is 92.8 Å². The predicted molar refractivity (Wildman–Crippen MR) is 97.9 cm³/mol. The second-order valence-electron chi connectivity index (χ2n) is 5.42. The maximum atomic E-state index is 12.2. The Balaban J connectivity index is 0.00000225. The third kappa shape index (κ3) is 5.36. The lowest BCUT2D eigenvalue weighted by Crippen LogP contribution is -2.38. The Morgan fingerprint density at radius 1 is 1.16 bits per heavy atom. The number of amides is 1. The Morgan fingerprint density at radius 2 is 1.88 bits per heavy atom. The summed E-state index contributed by atoms with van der Waals surface area (Å²) in [5.74, 6) is 1.07. The van der Waals surface area contributed by atoms with E-state index in [1.165, 1.54) is 0 Å². The van der Waals surface area contributed by atoms with Gasteiger partial charge in [0, 0.05) is 24.8 Å². The number of pyridine rings is 1. The van der Waals surface area contributed by atoms with E-state index in [1.54, 1.807) is 42.7 Å². The van der Waals surface area contributed by atoms with Crippen LogP contribution in [0, 0.1) is 0 Å². The van der Waals surface area contributed by atoms with Gasteiger partial charge in [0.2, 0.25) is 5.96 Å². The summed E-state index contributed by atoms with van der Waals surface area (Å²) in [7, 11) is 0. The molecule has 0 bridgehead atoms. The zero-order valence-electron chi connectivity index (χ0n) is 13.6. The lowest BCUT2D eigenvalue weighted by atomic mass is 10.2. The Hall–Kier alpha value is -2.80. The molecule has 1 aliphatic heterocycles. The molecule has 0 saturated carbocycles. The van der Waals surface area contributed by atoms with Crippen molar-refractivity contribution in [3.63, 3.8) is 0 Å². The SMILES string of the molecule is Cl.N/C(=N\N1CCCC1)NC(=O)c1ccc(Oc2cccnc2)cc1. The van der Waals surface area contributed by atoms with Gasteiger partial charge in [-0.1, -0.05) is 0 Å². The number of nitrogens with one attached hydrogen (secondary N) is 1. The molecule has 0 atom stereocenters. The summed E-state index contributed by atoms with van der Waals surface area (Å²) in [6, 6.07) is 10.4. The number of guanidine groups is 1. The monoisotopic (exact) mass is 361 g/mol. The van der Waals surface area contributed by atoms with E-state index >= 15 is 0 Å². The van der Waals surface area contributed by atoms with Gasteiger partial charge in [-0.2, -0.15) is 0 Å². The van der Waals surface area contributed by atoms with Crippen LogP contribution in [-0.4, -0.2) is 34.9 Å². The Bertz CT molecular complexity index is 716. The van der Waals surface area contributed by atoms with Crippen molar-refractivity contribution >= 4 is 24.3 Å². The summed E-state index contributed by atoms with van der Waals surface area (Å²) >= 11 is 0. The molecule has 0 spiro atoms. The summed E-state index contributed by atoms with van der Waals surface area (Å²) in [6.45, 7) is 1.74. The number of rotatable bonds is 4. The maximum Gasteiger partial charge on any atom is 0.257 e. The van der Waals surface area contributed by atoms with Gasteiger partial charge in [-0.15, -0.1) is 17.5 Å². The molecule has 2 heterocycles. The second-order valence-corrected chi connectivity index (χ2v) is 5.42. The summed E-state index contributed by atoms with van der Waals surface area (Å²) in [5, 5.41) is 8.63. The molecule has 132 valence electrons. The summed E-state index contributed by atoms with van der Waals surface area (Å²) < 4.78 is 5.63. The lowest BCUT2D eigenvalue weighted by Gasteiger charge is -2.12. The smallest absolute Gasteiger partial charge is 0.257 e. The molecule has 1 aromatic heterocycles.